The van der Waals surface area contributed by atoms with E-state index in [-0.39, 0.29) is 10.6 Å². The zero-order valence-electron chi connectivity index (χ0n) is 11.1. The van der Waals surface area contributed by atoms with E-state index in [9.17, 15) is 4.39 Å². The van der Waals surface area contributed by atoms with Gasteiger partial charge in [0.1, 0.15) is 5.82 Å². The van der Waals surface area contributed by atoms with Gasteiger partial charge in [-0.25, -0.2) is 4.39 Å². The Hall–Kier alpha value is -1.19. The predicted molar refractivity (Wildman–Crippen MR) is 88.3 cm³/mol. The summed E-state index contributed by atoms with van der Waals surface area (Å²) >= 11 is 5.41. The van der Waals surface area contributed by atoms with E-state index in [1.807, 2.05) is 6.07 Å². The van der Waals surface area contributed by atoms with E-state index >= 15 is 0 Å². The van der Waals surface area contributed by atoms with E-state index in [0.717, 1.165) is 16.5 Å². The lowest BCUT2D eigenvalue weighted by Gasteiger charge is -2.07. The summed E-state index contributed by atoms with van der Waals surface area (Å²) in [6, 6.07) is 15.7. The molecule has 0 nitrogen and oxygen atoms in total. The number of fused-ring (bicyclic) bond motifs is 1. The minimum absolute atomic E-state index is 0.171. The lowest BCUT2D eigenvalue weighted by Crippen LogP contribution is -1.92. The Kier molecular flexibility index (Phi) is 3.90. The Balaban J connectivity index is 1.84. The third-order valence-electron chi connectivity index (χ3n) is 3.35. The Labute approximate surface area is 130 Å². The summed E-state index contributed by atoms with van der Waals surface area (Å²) < 4.78 is 14.2. The van der Waals surface area contributed by atoms with E-state index < -0.39 is 0 Å². The molecule has 0 saturated carbocycles. The third-order valence-corrected chi connectivity index (χ3v) is 5.68. The summed E-state index contributed by atoms with van der Waals surface area (Å²) in [5, 5.41) is 1.11. The van der Waals surface area contributed by atoms with Gasteiger partial charge >= 0.3 is 0 Å². The number of hydrogen-bond donors (Lipinski definition) is 0. The van der Waals surface area contributed by atoms with Crippen LogP contribution >= 0.6 is 27.3 Å². The molecule has 20 heavy (non-hydrogen) atoms. The number of benzene rings is 2. The number of alkyl halides is 1. The monoisotopic (exact) mass is 348 g/mol. The average Bonchev–Trinajstić information content (AvgIpc) is 2.84. The highest BCUT2D eigenvalue weighted by Gasteiger charge is 2.12. The number of rotatable bonds is 3. The van der Waals surface area contributed by atoms with Gasteiger partial charge in [0.25, 0.3) is 0 Å². The van der Waals surface area contributed by atoms with Gasteiger partial charge < -0.3 is 0 Å². The van der Waals surface area contributed by atoms with Gasteiger partial charge in [0.05, 0.1) is 4.83 Å². The zero-order chi connectivity index (χ0) is 14.1. The van der Waals surface area contributed by atoms with Crippen LogP contribution in [0.4, 0.5) is 4.39 Å². The van der Waals surface area contributed by atoms with Gasteiger partial charge in [0.2, 0.25) is 0 Å². The molecule has 0 spiro atoms. The lowest BCUT2D eigenvalue weighted by molar-refractivity contribution is 0.630. The first-order valence-electron chi connectivity index (χ1n) is 6.50. The van der Waals surface area contributed by atoms with Crippen LogP contribution < -0.4 is 0 Å². The van der Waals surface area contributed by atoms with Crippen molar-refractivity contribution in [3.63, 3.8) is 0 Å². The van der Waals surface area contributed by atoms with Gasteiger partial charge in [0, 0.05) is 9.58 Å². The topological polar surface area (TPSA) is 0 Å². The molecule has 3 rings (SSSR count). The zero-order valence-corrected chi connectivity index (χ0v) is 13.5. The molecule has 0 radical (unpaired) electrons. The highest BCUT2D eigenvalue weighted by molar-refractivity contribution is 9.09. The molecule has 0 bridgehead atoms. The minimum Gasteiger partial charge on any atom is -0.207 e. The molecule has 0 aliphatic carbocycles. The Morgan fingerprint density at radius 1 is 1.10 bits per heavy atom. The van der Waals surface area contributed by atoms with Crippen LogP contribution in [0.3, 0.4) is 0 Å². The lowest BCUT2D eigenvalue weighted by atomic mass is 10.1. The molecule has 0 amide bonds. The molecule has 3 aromatic rings. The van der Waals surface area contributed by atoms with Gasteiger partial charge in [-0.05, 0) is 42.5 Å². The third kappa shape index (κ3) is 2.94. The van der Waals surface area contributed by atoms with E-state index in [1.165, 1.54) is 22.1 Å². The second kappa shape index (κ2) is 5.66. The van der Waals surface area contributed by atoms with E-state index in [0.29, 0.717) is 0 Å². The number of hydrogen-bond acceptors (Lipinski definition) is 1. The Morgan fingerprint density at radius 3 is 2.60 bits per heavy atom. The number of halogens is 2. The van der Waals surface area contributed by atoms with Crippen LogP contribution in [0.2, 0.25) is 0 Å². The second-order valence-corrected chi connectivity index (χ2v) is 7.21. The fourth-order valence-corrected chi connectivity index (χ4v) is 4.07. The minimum atomic E-state index is -0.171. The average molecular weight is 349 g/mol. The SMILES string of the molecule is Cc1ccc(CC(Br)c2cc3ccc(F)cc3s2)cc1. The van der Waals surface area contributed by atoms with Crippen molar-refractivity contribution in [1.82, 2.24) is 0 Å². The Morgan fingerprint density at radius 2 is 1.85 bits per heavy atom. The van der Waals surface area contributed by atoms with Crippen LogP contribution in [0.5, 0.6) is 0 Å². The summed E-state index contributed by atoms with van der Waals surface area (Å²) in [6.45, 7) is 2.09. The first-order valence-corrected chi connectivity index (χ1v) is 8.23. The fraction of sp³-hybridized carbons (Fsp3) is 0.176. The summed E-state index contributed by atoms with van der Waals surface area (Å²) in [7, 11) is 0. The standard InChI is InChI=1S/C17H14BrFS/c1-11-2-4-12(5-3-11)8-15(18)17-9-13-6-7-14(19)10-16(13)20-17/h2-7,9-10,15H,8H2,1H3. The fourth-order valence-electron chi connectivity index (χ4n) is 2.21. The number of aryl methyl sites for hydroxylation is 1. The molecule has 1 aromatic heterocycles. The van der Waals surface area contributed by atoms with Crippen LogP contribution in [0.25, 0.3) is 10.1 Å². The van der Waals surface area contributed by atoms with Gasteiger partial charge in [-0.15, -0.1) is 11.3 Å². The van der Waals surface area contributed by atoms with Crippen LogP contribution in [-0.2, 0) is 6.42 Å². The summed E-state index contributed by atoms with van der Waals surface area (Å²) in [5.41, 5.74) is 2.58. The summed E-state index contributed by atoms with van der Waals surface area (Å²) in [6.07, 6.45) is 0.940. The molecule has 3 heteroatoms. The maximum atomic E-state index is 13.2. The number of thiophene rings is 1. The molecule has 0 fully saturated rings. The largest absolute Gasteiger partial charge is 0.207 e. The first kappa shape index (κ1) is 13.8. The molecular formula is C17H14BrFS. The van der Waals surface area contributed by atoms with Gasteiger partial charge in [-0.2, -0.15) is 0 Å². The molecule has 1 unspecified atom stereocenters. The molecule has 102 valence electrons. The van der Waals surface area contributed by atoms with Crippen molar-refractivity contribution in [1.29, 1.82) is 0 Å². The quantitative estimate of drug-likeness (QED) is 0.507. The summed E-state index contributed by atoms with van der Waals surface area (Å²) in [4.78, 5) is 1.51. The van der Waals surface area contributed by atoms with Crippen molar-refractivity contribution < 1.29 is 4.39 Å². The molecular weight excluding hydrogens is 335 g/mol. The van der Waals surface area contributed by atoms with Crippen LogP contribution in [0, 0.1) is 12.7 Å². The van der Waals surface area contributed by atoms with Crippen molar-refractivity contribution in [2.24, 2.45) is 0 Å². The van der Waals surface area contributed by atoms with Crippen LogP contribution in [0.15, 0.2) is 48.5 Å². The second-order valence-electron chi connectivity index (χ2n) is 4.99. The normalized spacial score (nSPS) is 12.8. The molecule has 0 saturated heterocycles. The molecule has 1 atom stereocenters. The van der Waals surface area contributed by atoms with E-state index in [4.69, 9.17) is 0 Å². The van der Waals surface area contributed by atoms with E-state index in [1.54, 1.807) is 17.4 Å². The molecule has 2 aromatic carbocycles. The van der Waals surface area contributed by atoms with E-state index in [2.05, 4.69) is 53.2 Å². The highest BCUT2D eigenvalue weighted by atomic mass is 79.9. The highest BCUT2D eigenvalue weighted by Crippen LogP contribution is 2.36. The van der Waals surface area contributed by atoms with Crippen molar-refractivity contribution in [3.8, 4) is 0 Å². The molecule has 0 aliphatic rings. The maximum absolute atomic E-state index is 13.2. The Bertz CT molecular complexity index is 730. The maximum Gasteiger partial charge on any atom is 0.124 e. The van der Waals surface area contributed by atoms with Crippen LogP contribution in [-0.4, -0.2) is 0 Å². The van der Waals surface area contributed by atoms with Crippen molar-refractivity contribution in [3.05, 3.63) is 70.4 Å². The van der Waals surface area contributed by atoms with Crippen molar-refractivity contribution >= 4 is 37.4 Å². The molecule has 0 aliphatic heterocycles. The van der Waals surface area contributed by atoms with Gasteiger partial charge in [-0.3, -0.25) is 0 Å². The van der Waals surface area contributed by atoms with Crippen molar-refractivity contribution in [2.75, 3.05) is 0 Å². The van der Waals surface area contributed by atoms with Crippen molar-refractivity contribution in [2.45, 2.75) is 18.2 Å². The van der Waals surface area contributed by atoms with Crippen LogP contribution in [0.1, 0.15) is 20.8 Å². The summed E-state index contributed by atoms with van der Waals surface area (Å²) in [5.74, 6) is -0.171. The molecule has 0 N–H and O–H groups in total. The molecule has 1 heterocycles. The van der Waals surface area contributed by atoms with Gasteiger partial charge in [-0.1, -0.05) is 51.8 Å². The smallest absolute Gasteiger partial charge is 0.124 e. The van der Waals surface area contributed by atoms with Gasteiger partial charge in [0.15, 0.2) is 0 Å². The first-order chi connectivity index (χ1) is 9.61. The predicted octanol–water partition coefficient (Wildman–Crippen LogP) is 6.03.